The summed E-state index contributed by atoms with van der Waals surface area (Å²) < 4.78 is 41.6. The maximum atomic E-state index is 12.1. The Bertz CT molecular complexity index is 509. The van der Waals surface area contributed by atoms with Gasteiger partial charge in [0.1, 0.15) is 5.52 Å². The SMILES string of the molecule is CSc1nc2ccc(SC(F)(F)F)cc2o1. The van der Waals surface area contributed by atoms with Crippen molar-refractivity contribution in [1.29, 1.82) is 0 Å². The van der Waals surface area contributed by atoms with Crippen molar-refractivity contribution >= 4 is 34.6 Å². The van der Waals surface area contributed by atoms with Gasteiger partial charge in [0.15, 0.2) is 5.58 Å². The molecule has 2 aromatic rings. The lowest BCUT2D eigenvalue weighted by Crippen LogP contribution is -1.98. The van der Waals surface area contributed by atoms with E-state index in [2.05, 4.69) is 4.98 Å². The zero-order valence-electron chi connectivity index (χ0n) is 8.04. The Labute approximate surface area is 97.6 Å². The third-order valence-corrected chi connectivity index (χ3v) is 2.99. The van der Waals surface area contributed by atoms with Gasteiger partial charge in [-0.05, 0) is 36.2 Å². The molecule has 0 fully saturated rings. The second-order valence-corrected chi connectivity index (χ2v) is 4.76. The standard InChI is InChI=1S/C9H6F3NOS2/c1-15-8-13-6-3-2-5(4-7(6)14-8)16-9(10,11)12/h2-4H,1H3. The molecule has 0 unspecified atom stereocenters. The number of fused-ring (bicyclic) bond motifs is 1. The van der Waals surface area contributed by atoms with Crippen LogP contribution < -0.4 is 0 Å². The maximum absolute atomic E-state index is 12.1. The molecule has 1 aromatic carbocycles. The minimum Gasteiger partial charge on any atom is -0.431 e. The minimum absolute atomic E-state index is 0.101. The summed E-state index contributed by atoms with van der Waals surface area (Å²) in [6.07, 6.45) is 1.79. The first-order valence-corrected chi connectivity index (χ1v) is 6.22. The molecule has 0 aliphatic carbocycles. The average molecular weight is 265 g/mol. The van der Waals surface area contributed by atoms with E-state index in [1.54, 1.807) is 6.26 Å². The van der Waals surface area contributed by atoms with Gasteiger partial charge in [0.25, 0.3) is 5.22 Å². The number of benzene rings is 1. The maximum Gasteiger partial charge on any atom is 0.446 e. The van der Waals surface area contributed by atoms with E-state index in [9.17, 15) is 13.2 Å². The molecule has 0 saturated heterocycles. The molecule has 2 rings (SSSR count). The van der Waals surface area contributed by atoms with Crippen molar-refractivity contribution in [3.63, 3.8) is 0 Å². The molecular weight excluding hydrogens is 259 g/mol. The van der Waals surface area contributed by atoms with Gasteiger partial charge in [-0.3, -0.25) is 0 Å². The highest BCUT2D eigenvalue weighted by molar-refractivity contribution is 8.00. The van der Waals surface area contributed by atoms with Crippen LogP contribution in [0.1, 0.15) is 0 Å². The number of oxazole rings is 1. The van der Waals surface area contributed by atoms with Gasteiger partial charge < -0.3 is 4.42 Å². The summed E-state index contributed by atoms with van der Waals surface area (Å²) in [5, 5.41) is 0.448. The summed E-state index contributed by atoms with van der Waals surface area (Å²) in [5.41, 5.74) is -3.34. The minimum atomic E-state index is -4.28. The van der Waals surface area contributed by atoms with Gasteiger partial charge in [0.2, 0.25) is 0 Å². The molecule has 86 valence electrons. The predicted molar refractivity (Wildman–Crippen MR) is 57.7 cm³/mol. The van der Waals surface area contributed by atoms with Crippen molar-refractivity contribution < 1.29 is 17.6 Å². The van der Waals surface area contributed by atoms with Crippen LogP contribution >= 0.6 is 23.5 Å². The number of hydrogen-bond acceptors (Lipinski definition) is 4. The van der Waals surface area contributed by atoms with Crippen LogP contribution in [0.2, 0.25) is 0 Å². The largest absolute Gasteiger partial charge is 0.446 e. The number of hydrogen-bond donors (Lipinski definition) is 0. The van der Waals surface area contributed by atoms with Crippen LogP contribution in [-0.4, -0.2) is 16.7 Å². The molecule has 0 atom stereocenters. The lowest BCUT2D eigenvalue weighted by molar-refractivity contribution is -0.0328. The van der Waals surface area contributed by atoms with Crippen molar-refractivity contribution in [3.8, 4) is 0 Å². The number of nitrogens with zero attached hydrogens (tertiary/aromatic N) is 1. The molecule has 0 aliphatic heterocycles. The zero-order valence-corrected chi connectivity index (χ0v) is 9.67. The second-order valence-electron chi connectivity index (χ2n) is 2.86. The topological polar surface area (TPSA) is 26.0 Å². The Morgan fingerprint density at radius 2 is 2.06 bits per heavy atom. The molecule has 0 amide bonds. The zero-order chi connectivity index (χ0) is 11.8. The van der Waals surface area contributed by atoms with Gasteiger partial charge in [0, 0.05) is 4.90 Å². The summed E-state index contributed by atoms with van der Waals surface area (Å²) in [5.74, 6) is 0. The fourth-order valence-corrected chi connectivity index (χ4v) is 2.10. The first-order chi connectivity index (χ1) is 7.48. The van der Waals surface area contributed by atoms with Gasteiger partial charge in [-0.1, -0.05) is 11.8 Å². The average Bonchev–Trinajstić information content (AvgIpc) is 2.57. The van der Waals surface area contributed by atoms with Gasteiger partial charge >= 0.3 is 5.51 Å². The molecule has 7 heteroatoms. The van der Waals surface area contributed by atoms with E-state index in [0.717, 1.165) is 0 Å². The van der Waals surface area contributed by atoms with Crippen molar-refractivity contribution in [2.24, 2.45) is 0 Å². The summed E-state index contributed by atoms with van der Waals surface area (Å²) in [4.78, 5) is 4.18. The number of thioether (sulfide) groups is 2. The lowest BCUT2D eigenvalue weighted by Gasteiger charge is -2.04. The third-order valence-electron chi connectivity index (χ3n) is 1.75. The highest BCUT2D eigenvalue weighted by Crippen LogP contribution is 2.38. The Morgan fingerprint density at radius 1 is 1.31 bits per heavy atom. The number of halogens is 3. The molecule has 0 radical (unpaired) electrons. The Morgan fingerprint density at radius 3 is 2.69 bits per heavy atom. The molecule has 1 aromatic heterocycles. The first kappa shape index (κ1) is 11.7. The number of rotatable bonds is 2. The molecule has 0 spiro atoms. The molecular formula is C9H6F3NOS2. The van der Waals surface area contributed by atoms with E-state index in [0.29, 0.717) is 16.3 Å². The van der Waals surface area contributed by atoms with Crippen molar-refractivity contribution in [1.82, 2.24) is 4.98 Å². The number of aromatic nitrogens is 1. The fraction of sp³-hybridized carbons (Fsp3) is 0.222. The van der Waals surface area contributed by atoms with E-state index < -0.39 is 5.51 Å². The van der Waals surface area contributed by atoms with E-state index in [-0.39, 0.29) is 16.7 Å². The first-order valence-electron chi connectivity index (χ1n) is 4.18. The van der Waals surface area contributed by atoms with Crippen molar-refractivity contribution in [2.45, 2.75) is 15.6 Å². The van der Waals surface area contributed by atoms with E-state index in [1.165, 1.54) is 30.0 Å². The van der Waals surface area contributed by atoms with Gasteiger partial charge in [-0.25, -0.2) is 4.98 Å². The van der Waals surface area contributed by atoms with Gasteiger partial charge in [0.05, 0.1) is 0 Å². The van der Waals surface area contributed by atoms with Crippen LogP contribution in [-0.2, 0) is 0 Å². The lowest BCUT2D eigenvalue weighted by atomic mass is 10.3. The van der Waals surface area contributed by atoms with E-state index in [1.807, 2.05) is 0 Å². The monoisotopic (exact) mass is 265 g/mol. The fourth-order valence-electron chi connectivity index (χ4n) is 1.17. The van der Waals surface area contributed by atoms with E-state index in [4.69, 9.17) is 4.42 Å². The summed E-state index contributed by atoms with van der Waals surface area (Å²) in [6.45, 7) is 0. The van der Waals surface area contributed by atoms with E-state index >= 15 is 0 Å². The van der Waals surface area contributed by atoms with Crippen LogP contribution in [0.4, 0.5) is 13.2 Å². The van der Waals surface area contributed by atoms with Crippen LogP contribution in [0.15, 0.2) is 32.7 Å². The molecule has 0 aliphatic rings. The highest BCUT2D eigenvalue weighted by atomic mass is 32.2. The molecule has 2 nitrogen and oxygen atoms in total. The Kier molecular flexibility index (Phi) is 3.07. The van der Waals surface area contributed by atoms with Gasteiger partial charge in [-0.2, -0.15) is 13.2 Å². The number of alkyl halides is 3. The predicted octanol–water partition coefficient (Wildman–Crippen LogP) is 4.16. The second kappa shape index (κ2) is 4.21. The third kappa shape index (κ3) is 2.65. The molecule has 0 bridgehead atoms. The van der Waals surface area contributed by atoms with Crippen LogP contribution in [0.3, 0.4) is 0 Å². The molecule has 16 heavy (non-hydrogen) atoms. The summed E-state index contributed by atoms with van der Waals surface area (Å²) in [6, 6.07) is 4.25. The van der Waals surface area contributed by atoms with Gasteiger partial charge in [-0.15, -0.1) is 0 Å². The van der Waals surface area contributed by atoms with Crippen LogP contribution in [0.25, 0.3) is 11.1 Å². The smallest absolute Gasteiger partial charge is 0.431 e. The Hall–Kier alpha value is -0.820. The summed E-state index contributed by atoms with van der Waals surface area (Å²) >= 11 is 1.14. The summed E-state index contributed by atoms with van der Waals surface area (Å²) in [7, 11) is 0. The highest BCUT2D eigenvalue weighted by Gasteiger charge is 2.29. The van der Waals surface area contributed by atoms with Crippen LogP contribution in [0, 0.1) is 0 Å². The van der Waals surface area contributed by atoms with Crippen molar-refractivity contribution in [2.75, 3.05) is 6.26 Å². The molecule has 0 saturated carbocycles. The Balaban J connectivity index is 2.36. The van der Waals surface area contributed by atoms with Crippen molar-refractivity contribution in [3.05, 3.63) is 18.2 Å². The normalized spacial score (nSPS) is 12.2. The quantitative estimate of drug-likeness (QED) is 0.761. The molecule has 0 N–H and O–H groups in total. The molecule has 1 heterocycles. The van der Waals surface area contributed by atoms with Crippen LogP contribution in [0.5, 0.6) is 0 Å².